The first-order chi connectivity index (χ1) is 11.1. The molecule has 0 aliphatic heterocycles. The number of likely N-dealkylation sites (N-methyl/N-ethyl adjacent to an activating group) is 1. The maximum Gasteiger partial charge on any atom is 0.304 e. The third-order valence-corrected chi connectivity index (χ3v) is 4.32. The quantitative estimate of drug-likeness (QED) is 0.778. The Morgan fingerprint density at radius 2 is 1.96 bits per heavy atom. The Bertz CT molecular complexity index is 629. The molecule has 2 N–H and O–H groups in total. The molecule has 1 atom stereocenters. The number of thiophene rings is 1. The third-order valence-electron chi connectivity index (χ3n) is 3.39. The van der Waals surface area contributed by atoms with Gasteiger partial charge in [0.25, 0.3) is 0 Å². The summed E-state index contributed by atoms with van der Waals surface area (Å²) in [7, 11) is 1.74. The van der Waals surface area contributed by atoms with E-state index in [1.54, 1.807) is 23.3 Å². The number of carbonyl (C=O) groups excluding carboxylic acids is 1. The van der Waals surface area contributed by atoms with Crippen LogP contribution in [0.5, 0.6) is 0 Å². The number of hydrogen-bond donors (Lipinski definition) is 2. The van der Waals surface area contributed by atoms with Crippen LogP contribution in [0, 0.1) is 0 Å². The van der Waals surface area contributed by atoms with Crippen molar-refractivity contribution in [1.82, 2.24) is 10.2 Å². The van der Waals surface area contributed by atoms with Gasteiger partial charge in [0.05, 0.1) is 19.0 Å². The lowest BCUT2D eigenvalue weighted by atomic mass is 10.1. The molecule has 6 heteroatoms. The van der Waals surface area contributed by atoms with E-state index in [9.17, 15) is 9.59 Å². The molecule has 0 saturated heterocycles. The van der Waals surface area contributed by atoms with E-state index in [4.69, 9.17) is 5.11 Å². The molecule has 0 radical (unpaired) electrons. The molecule has 2 rings (SSSR count). The van der Waals surface area contributed by atoms with Gasteiger partial charge in [-0.2, -0.15) is 0 Å². The van der Waals surface area contributed by atoms with Crippen molar-refractivity contribution < 1.29 is 14.7 Å². The number of hydrogen-bond acceptors (Lipinski definition) is 4. The van der Waals surface area contributed by atoms with Gasteiger partial charge in [-0.1, -0.05) is 36.4 Å². The fourth-order valence-corrected chi connectivity index (χ4v) is 3.04. The summed E-state index contributed by atoms with van der Waals surface area (Å²) in [6.07, 6.45) is 0.0246. The topological polar surface area (TPSA) is 69.6 Å². The molecule has 1 aromatic heterocycles. The fourth-order valence-electron chi connectivity index (χ4n) is 2.24. The Morgan fingerprint density at radius 3 is 2.57 bits per heavy atom. The average Bonchev–Trinajstić information content (AvgIpc) is 3.05. The minimum absolute atomic E-state index is 0.0246. The van der Waals surface area contributed by atoms with Crippen LogP contribution in [0.3, 0.4) is 0 Å². The molecule has 1 unspecified atom stereocenters. The van der Waals surface area contributed by atoms with Crippen molar-refractivity contribution in [2.75, 3.05) is 20.1 Å². The molecule has 0 fully saturated rings. The molecular formula is C17H20N2O3S. The maximum atomic E-state index is 12.3. The molecule has 0 bridgehead atoms. The molecule has 23 heavy (non-hydrogen) atoms. The summed E-state index contributed by atoms with van der Waals surface area (Å²) >= 11 is 1.59. The number of amides is 1. The van der Waals surface area contributed by atoms with E-state index in [2.05, 4.69) is 5.32 Å². The van der Waals surface area contributed by atoms with Crippen LogP contribution < -0.4 is 5.32 Å². The van der Waals surface area contributed by atoms with Crippen molar-refractivity contribution in [2.45, 2.75) is 12.5 Å². The highest BCUT2D eigenvalue weighted by molar-refractivity contribution is 7.10. The molecule has 122 valence electrons. The van der Waals surface area contributed by atoms with Crippen LogP contribution in [-0.2, 0) is 9.59 Å². The van der Waals surface area contributed by atoms with Crippen LogP contribution >= 0.6 is 11.3 Å². The van der Waals surface area contributed by atoms with Crippen LogP contribution in [-0.4, -0.2) is 42.0 Å². The number of carbonyl (C=O) groups is 2. The molecule has 1 aromatic carbocycles. The van der Waals surface area contributed by atoms with Crippen LogP contribution in [0.25, 0.3) is 0 Å². The van der Waals surface area contributed by atoms with E-state index in [0.717, 1.165) is 10.4 Å². The zero-order valence-corrected chi connectivity index (χ0v) is 13.8. The van der Waals surface area contributed by atoms with Crippen LogP contribution in [0.1, 0.15) is 22.9 Å². The van der Waals surface area contributed by atoms with Gasteiger partial charge in [0, 0.05) is 11.4 Å². The zero-order chi connectivity index (χ0) is 16.7. The Morgan fingerprint density at radius 1 is 1.22 bits per heavy atom. The minimum Gasteiger partial charge on any atom is -0.481 e. The highest BCUT2D eigenvalue weighted by Gasteiger charge is 2.18. The second kappa shape index (κ2) is 8.45. The lowest BCUT2D eigenvalue weighted by Crippen LogP contribution is -2.38. The monoisotopic (exact) mass is 332 g/mol. The first kappa shape index (κ1) is 17.2. The van der Waals surface area contributed by atoms with Crippen LogP contribution in [0.4, 0.5) is 0 Å². The summed E-state index contributed by atoms with van der Waals surface area (Å²) in [4.78, 5) is 25.6. The summed E-state index contributed by atoms with van der Waals surface area (Å²) in [6, 6.07) is 13.6. The molecule has 2 aromatic rings. The summed E-state index contributed by atoms with van der Waals surface area (Å²) in [5.74, 6) is -0.988. The number of carboxylic acids is 1. The highest BCUT2D eigenvalue weighted by atomic mass is 32.1. The summed E-state index contributed by atoms with van der Waals surface area (Å²) < 4.78 is 0. The molecular weight excluding hydrogens is 312 g/mol. The van der Waals surface area contributed by atoms with E-state index in [1.807, 2.05) is 47.8 Å². The van der Waals surface area contributed by atoms with Gasteiger partial charge in [-0.25, -0.2) is 0 Å². The number of nitrogens with zero attached hydrogens (tertiary/aromatic N) is 1. The number of nitrogens with one attached hydrogen (secondary N) is 1. The van der Waals surface area contributed by atoms with Gasteiger partial charge >= 0.3 is 5.97 Å². The van der Waals surface area contributed by atoms with Crippen LogP contribution in [0.2, 0.25) is 0 Å². The van der Waals surface area contributed by atoms with Crippen molar-refractivity contribution in [3.8, 4) is 0 Å². The second-order valence-corrected chi connectivity index (χ2v) is 6.29. The molecule has 0 aliphatic carbocycles. The first-order valence-corrected chi connectivity index (χ1v) is 8.22. The number of rotatable bonds is 8. The zero-order valence-electron chi connectivity index (χ0n) is 12.9. The molecule has 0 saturated carbocycles. The molecule has 0 aliphatic rings. The summed E-state index contributed by atoms with van der Waals surface area (Å²) in [6.45, 7) is 0.514. The van der Waals surface area contributed by atoms with Crippen LogP contribution in [0.15, 0.2) is 47.8 Å². The normalized spacial score (nSPS) is 12.1. The SMILES string of the molecule is CN(CCC(=O)O)CC(=O)NC(c1ccccc1)c1cccs1. The van der Waals surface area contributed by atoms with Gasteiger partial charge in [-0.3, -0.25) is 14.5 Å². The van der Waals surface area contributed by atoms with E-state index < -0.39 is 5.97 Å². The fraction of sp³-hybridized carbons (Fsp3) is 0.294. The highest BCUT2D eigenvalue weighted by Crippen LogP contribution is 2.25. The lowest BCUT2D eigenvalue weighted by Gasteiger charge is -2.21. The molecule has 1 amide bonds. The number of aliphatic carboxylic acids is 1. The first-order valence-electron chi connectivity index (χ1n) is 7.34. The molecule has 1 heterocycles. The van der Waals surface area contributed by atoms with E-state index in [-0.39, 0.29) is 24.9 Å². The third kappa shape index (κ3) is 5.50. The average molecular weight is 332 g/mol. The van der Waals surface area contributed by atoms with E-state index in [0.29, 0.717) is 6.54 Å². The summed E-state index contributed by atoms with van der Waals surface area (Å²) in [5.41, 5.74) is 1.02. The maximum absolute atomic E-state index is 12.3. The second-order valence-electron chi connectivity index (χ2n) is 5.31. The van der Waals surface area contributed by atoms with Crippen molar-refractivity contribution in [1.29, 1.82) is 0 Å². The van der Waals surface area contributed by atoms with E-state index in [1.165, 1.54) is 0 Å². The van der Waals surface area contributed by atoms with Crippen molar-refractivity contribution in [3.05, 3.63) is 58.3 Å². The number of benzene rings is 1. The predicted octanol–water partition coefficient (Wildman–Crippen LogP) is 2.36. The van der Waals surface area contributed by atoms with Gasteiger partial charge in [-0.05, 0) is 24.1 Å². The van der Waals surface area contributed by atoms with Gasteiger partial charge in [0.2, 0.25) is 5.91 Å². The van der Waals surface area contributed by atoms with Crippen molar-refractivity contribution >= 4 is 23.2 Å². The van der Waals surface area contributed by atoms with Crippen molar-refractivity contribution in [2.24, 2.45) is 0 Å². The minimum atomic E-state index is -0.863. The van der Waals surface area contributed by atoms with Gasteiger partial charge in [0.1, 0.15) is 0 Å². The molecule has 0 spiro atoms. The van der Waals surface area contributed by atoms with Gasteiger partial charge in [-0.15, -0.1) is 11.3 Å². The van der Waals surface area contributed by atoms with Gasteiger partial charge < -0.3 is 10.4 Å². The standard InChI is InChI=1S/C17H20N2O3S/c1-19(10-9-16(21)22)12-15(20)18-17(14-8-5-11-23-14)13-6-3-2-4-7-13/h2-8,11,17H,9-10,12H2,1H3,(H,18,20)(H,21,22). The summed E-state index contributed by atoms with van der Waals surface area (Å²) in [5, 5.41) is 13.7. The van der Waals surface area contributed by atoms with Crippen molar-refractivity contribution in [3.63, 3.8) is 0 Å². The Balaban J connectivity index is 2.01. The smallest absolute Gasteiger partial charge is 0.304 e. The van der Waals surface area contributed by atoms with Gasteiger partial charge in [0.15, 0.2) is 0 Å². The Hall–Kier alpha value is -2.18. The Kier molecular flexibility index (Phi) is 6.31. The predicted molar refractivity (Wildman–Crippen MR) is 90.5 cm³/mol. The lowest BCUT2D eigenvalue weighted by molar-refractivity contribution is -0.137. The van der Waals surface area contributed by atoms with E-state index >= 15 is 0 Å². The largest absolute Gasteiger partial charge is 0.481 e. The Labute approximate surface area is 139 Å². The number of carboxylic acid groups (broad SMARTS) is 1. The molecule has 5 nitrogen and oxygen atoms in total.